The van der Waals surface area contributed by atoms with Crippen molar-refractivity contribution in [1.29, 1.82) is 0 Å². The fourth-order valence-electron chi connectivity index (χ4n) is 3.50. The number of aromatic nitrogens is 4. The summed E-state index contributed by atoms with van der Waals surface area (Å²) in [5.41, 5.74) is 2.03. The molecule has 2 unspecified atom stereocenters. The summed E-state index contributed by atoms with van der Waals surface area (Å²) < 4.78 is 2.00. The molecular weight excluding hydrogens is 356 g/mol. The Kier molecular flexibility index (Phi) is 5.03. The second-order valence-corrected chi connectivity index (χ2v) is 6.85. The Morgan fingerprint density at radius 2 is 2.04 bits per heavy atom. The molecule has 0 radical (unpaired) electrons. The summed E-state index contributed by atoms with van der Waals surface area (Å²) in [7, 11) is 0. The lowest BCUT2D eigenvalue weighted by Crippen LogP contribution is -2.43. The number of nitrogens with one attached hydrogen (secondary N) is 1. The molecule has 144 valence electrons. The predicted molar refractivity (Wildman–Crippen MR) is 104 cm³/mol. The van der Waals surface area contributed by atoms with Gasteiger partial charge in [0.25, 0.3) is 0 Å². The first-order chi connectivity index (χ1) is 13.6. The topological polar surface area (TPSA) is 96.2 Å². The smallest absolute Gasteiger partial charge is 0.243 e. The quantitative estimate of drug-likeness (QED) is 0.693. The molecule has 2 aromatic heterocycles. The van der Waals surface area contributed by atoms with Gasteiger partial charge in [-0.3, -0.25) is 4.79 Å². The van der Waals surface area contributed by atoms with Gasteiger partial charge in [-0.05, 0) is 30.7 Å². The van der Waals surface area contributed by atoms with Crippen molar-refractivity contribution >= 4 is 11.7 Å². The lowest BCUT2D eigenvalue weighted by atomic mass is 10.1. The van der Waals surface area contributed by atoms with Crippen LogP contribution in [-0.2, 0) is 11.3 Å². The van der Waals surface area contributed by atoms with Crippen molar-refractivity contribution < 1.29 is 9.90 Å². The molecule has 0 spiro atoms. The number of carbonyl (C=O) groups excluding carboxylic acids is 1. The average Bonchev–Trinajstić information content (AvgIpc) is 3.33. The van der Waals surface area contributed by atoms with Crippen LogP contribution >= 0.6 is 0 Å². The molecule has 8 nitrogen and oxygen atoms in total. The summed E-state index contributed by atoms with van der Waals surface area (Å²) in [6.07, 6.45) is 6.59. The van der Waals surface area contributed by atoms with E-state index in [0.717, 1.165) is 17.1 Å². The largest absolute Gasteiger partial charge is 0.391 e. The average molecular weight is 378 g/mol. The van der Waals surface area contributed by atoms with E-state index in [2.05, 4.69) is 20.3 Å². The van der Waals surface area contributed by atoms with Gasteiger partial charge in [0.05, 0.1) is 6.10 Å². The molecule has 4 rings (SSSR count). The number of imidazole rings is 1. The molecule has 3 heterocycles. The van der Waals surface area contributed by atoms with Gasteiger partial charge in [0.2, 0.25) is 5.91 Å². The van der Waals surface area contributed by atoms with Gasteiger partial charge in [-0.1, -0.05) is 12.1 Å². The van der Waals surface area contributed by atoms with Crippen LogP contribution in [0.25, 0.3) is 5.69 Å². The van der Waals surface area contributed by atoms with Crippen LogP contribution in [0.3, 0.4) is 0 Å². The Morgan fingerprint density at radius 1 is 1.21 bits per heavy atom. The SMILES string of the molecule is Cc1nccn1-c1ccc(CNC(=O)C2CC(O)CN2c2ccncn2)cc1. The first kappa shape index (κ1) is 18.1. The zero-order valence-electron chi connectivity index (χ0n) is 15.6. The van der Waals surface area contributed by atoms with Gasteiger partial charge >= 0.3 is 0 Å². The van der Waals surface area contributed by atoms with Gasteiger partial charge in [0.15, 0.2) is 0 Å². The number of amides is 1. The number of aliphatic hydroxyl groups is 1. The monoisotopic (exact) mass is 378 g/mol. The zero-order chi connectivity index (χ0) is 19.5. The van der Waals surface area contributed by atoms with E-state index in [1.165, 1.54) is 6.33 Å². The Hall–Kier alpha value is -3.26. The van der Waals surface area contributed by atoms with Crippen molar-refractivity contribution in [3.05, 3.63) is 66.6 Å². The second kappa shape index (κ2) is 7.77. The van der Waals surface area contributed by atoms with E-state index in [9.17, 15) is 9.90 Å². The Bertz CT molecular complexity index is 941. The van der Waals surface area contributed by atoms with Crippen molar-refractivity contribution in [2.45, 2.75) is 32.0 Å². The zero-order valence-corrected chi connectivity index (χ0v) is 15.6. The van der Waals surface area contributed by atoms with E-state index in [4.69, 9.17) is 0 Å². The van der Waals surface area contributed by atoms with Gasteiger partial charge < -0.3 is 19.9 Å². The standard InChI is InChI=1S/C20H22N6O2/c1-14-22-8-9-25(14)16-4-2-15(3-5-16)11-23-20(28)18-10-17(27)12-26(18)19-6-7-21-13-24-19/h2-9,13,17-18,27H,10-12H2,1H3,(H,23,28). The van der Waals surface area contributed by atoms with E-state index in [0.29, 0.717) is 25.3 Å². The van der Waals surface area contributed by atoms with Gasteiger partial charge in [-0.25, -0.2) is 15.0 Å². The first-order valence-electron chi connectivity index (χ1n) is 9.19. The summed E-state index contributed by atoms with van der Waals surface area (Å²) in [5.74, 6) is 1.45. The van der Waals surface area contributed by atoms with Crippen molar-refractivity contribution in [3.8, 4) is 5.69 Å². The highest BCUT2D eigenvalue weighted by atomic mass is 16.3. The third-order valence-electron chi connectivity index (χ3n) is 4.95. The first-order valence-corrected chi connectivity index (χ1v) is 9.19. The number of hydrogen-bond acceptors (Lipinski definition) is 6. The number of anilines is 1. The molecule has 1 fully saturated rings. The van der Waals surface area contributed by atoms with Crippen molar-refractivity contribution in [2.75, 3.05) is 11.4 Å². The molecule has 0 saturated carbocycles. The highest BCUT2D eigenvalue weighted by molar-refractivity contribution is 5.85. The molecule has 2 atom stereocenters. The van der Waals surface area contributed by atoms with Gasteiger partial charge in [0, 0.05) is 43.8 Å². The van der Waals surface area contributed by atoms with Crippen LogP contribution in [0.15, 0.2) is 55.2 Å². The number of aryl methyl sites for hydroxylation is 1. The van der Waals surface area contributed by atoms with Crippen LogP contribution in [0.5, 0.6) is 0 Å². The second-order valence-electron chi connectivity index (χ2n) is 6.85. The van der Waals surface area contributed by atoms with Crippen molar-refractivity contribution in [2.24, 2.45) is 0 Å². The van der Waals surface area contributed by atoms with Gasteiger partial charge in [0.1, 0.15) is 24.0 Å². The fraction of sp³-hybridized carbons (Fsp3) is 0.300. The molecule has 1 saturated heterocycles. The number of carbonyl (C=O) groups is 1. The molecule has 0 bridgehead atoms. The number of β-amino-alcohol motifs (C(OH)–C–C–N with tert-alkyl or cyclic N) is 1. The molecule has 3 aromatic rings. The van der Waals surface area contributed by atoms with Gasteiger partial charge in [-0.15, -0.1) is 0 Å². The van der Waals surface area contributed by atoms with Crippen LogP contribution in [0, 0.1) is 6.92 Å². The lowest BCUT2D eigenvalue weighted by molar-refractivity contribution is -0.122. The number of benzene rings is 1. The minimum absolute atomic E-state index is 0.121. The third-order valence-corrected chi connectivity index (χ3v) is 4.95. The normalized spacial score (nSPS) is 19.0. The minimum Gasteiger partial charge on any atom is -0.391 e. The molecule has 1 aliphatic heterocycles. The molecule has 0 aliphatic carbocycles. The summed E-state index contributed by atoms with van der Waals surface area (Å²) in [6.45, 7) is 2.76. The molecular formula is C20H22N6O2. The summed E-state index contributed by atoms with van der Waals surface area (Å²) >= 11 is 0. The molecule has 8 heteroatoms. The van der Waals surface area contributed by atoms with Crippen LogP contribution < -0.4 is 10.2 Å². The van der Waals surface area contributed by atoms with E-state index in [-0.39, 0.29) is 5.91 Å². The number of nitrogens with zero attached hydrogens (tertiary/aromatic N) is 5. The van der Waals surface area contributed by atoms with Crippen LogP contribution in [0.4, 0.5) is 5.82 Å². The molecule has 1 amide bonds. The molecule has 1 aromatic carbocycles. The van der Waals surface area contributed by atoms with Gasteiger partial charge in [-0.2, -0.15) is 0 Å². The highest BCUT2D eigenvalue weighted by Gasteiger charge is 2.36. The maximum atomic E-state index is 12.7. The predicted octanol–water partition coefficient (Wildman–Crippen LogP) is 1.23. The fourth-order valence-corrected chi connectivity index (χ4v) is 3.50. The Morgan fingerprint density at radius 3 is 2.71 bits per heavy atom. The number of rotatable bonds is 5. The lowest BCUT2D eigenvalue weighted by Gasteiger charge is -2.24. The highest BCUT2D eigenvalue weighted by Crippen LogP contribution is 2.24. The van der Waals surface area contributed by atoms with E-state index in [1.54, 1.807) is 18.5 Å². The molecule has 1 aliphatic rings. The number of hydrogen-bond donors (Lipinski definition) is 2. The van der Waals surface area contributed by atoms with Crippen LogP contribution in [0.1, 0.15) is 17.8 Å². The third kappa shape index (κ3) is 3.72. The van der Waals surface area contributed by atoms with E-state index >= 15 is 0 Å². The molecule has 28 heavy (non-hydrogen) atoms. The Balaban J connectivity index is 1.40. The summed E-state index contributed by atoms with van der Waals surface area (Å²) in [6, 6.07) is 9.28. The maximum Gasteiger partial charge on any atom is 0.243 e. The molecule has 2 N–H and O–H groups in total. The van der Waals surface area contributed by atoms with Crippen LogP contribution in [-0.4, -0.2) is 49.2 Å². The van der Waals surface area contributed by atoms with Crippen molar-refractivity contribution in [3.63, 3.8) is 0 Å². The van der Waals surface area contributed by atoms with Crippen LogP contribution in [0.2, 0.25) is 0 Å². The maximum absolute atomic E-state index is 12.7. The van der Waals surface area contributed by atoms with E-state index in [1.807, 2.05) is 46.9 Å². The van der Waals surface area contributed by atoms with E-state index < -0.39 is 12.1 Å². The Labute approximate surface area is 162 Å². The summed E-state index contributed by atoms with van der Waals surface area (Å²) in [4.78, 5) is 26.9. The summed E-state index contributed by atoms with van der Waals surface area (Å²) in [5, 5.41) is 13.0. The number of aliphatic hydroxyl groups excluding tert-OH is 1. The van der Waals surface area contributed by atoms with Crippen molar-refractivity contribution in [1.82, 2.24) is 24.8 Å². The minimum atomic E-state index is -0.552.